The van der Waals surface area contributed by atoms with E-state index in [1.807, 2.05) is 18.2 Å². The number of nitrogens with zero attached hydrogens (tertiary/aromatic N) is 1. The molecule has 0 radical (unpaired) electrons. The Morgan fingerprint density at radius 3 is 3.11 bits per heavy atom. The standard InChI is InChI=1S/C13H15NO2S2/c1-9(16)10-3-4-12-11(7-10)14-13(8-18-12)17-6-2-5-15/h3-4,7,15H,2,5-6,8H2,1H3. The van der Waals surface area contributed by atoms with Gasteiger partial charge in [0.1, 0.15) is 0 Å². The Bertz CT molecular complexity index is 486. The number of aliphatic hydroxyl groups excluding tert-OH is 1. The highest BCUT2D eigenvalue weighted by Crippen LogP contribution is 2.36. The first kappa shape index (κ1) is 13.6. The number of aliphatic hydroxyl groups is 1. The third kappa shape index (κ3) is 3.37. The number of benzene rings is 1. The fourth-order valence-corrected chi connectivity index (χ4v) is 3.52. The minimum atomic E-state index is 0.0676. The molecule has 2 rings (SSSR count). The molecule has 0 unspecified atom stereocenters. The topological polar surface area (TPSA) is 49.7 Å². The van der Waals surface area contributed by atoms with Crippen molar-refractivity contribution in [2.24, 2.45) is 4.99 Å². The van der Waals surface area contributed by atoms with Crippen LogP contribution in [0.1, 0.15) is 23.7 Å². The van der Waals surface area contributed by atoms with Crippen LogP contribution in [-0.2, 0) is 0 Å². The molecule has 5 heteroatoms. The molecule has 0 fully saturated rings. The number of Topliss-reactive ketones (excluding diaryl/α,β-unsaturated/α-hetero) is 1. The van der Waals surface area contributed by atoms with Crippen LogP contribution in [0.4, 0.5) is 5.69 Å². The van der Waals surface area contributed by atoms with Gasteiger partial charge in [0.05, 0.1) is 10.7 Å². The van der Waals surface area contributed by atoms with Crippen molar-refractivity contribution in [2.75, 3.05) is 18.1 Å². The van der Waals surface area contributed by atoms with Crippen LogP contribution in [0.25, 0.3) is 0 Å². The van der Waals surface area contributed by atoms with E-state index in [2.05, 4.69) is 4.99 Å². The molecule has 1 aromatic rings. The number of rotatable bonds is 4. The molecule has 0 spiro atoms. The van der Waals surface area contributed by atoms with Crippen molar-refractivity contribution in [1.82, 2.24) is 0 Å². The second-order valence-corrected chi connectivity index (χ2v) is 6.14. The predicted octanol–water partition coefficient (Wildman–Crippen LogP) is 3.14. The molecule has 18 heavy (non-hydrogen) atoms. The number of ketones is 1. The minimum Gasteiger partial charge on any atom is -0.396 e. The van der Waals surface area contributed by atoms with Crippen LogP contribution in [-0.4, -0.2) is 34.0 Å². The molecule has 0 aromatic heterocycles. The number of fused-ring (bicyclic) bond motifs is 1. The van der Waals surface area contributed by atoms with E-state index in [0.29, 0.717) is 5.56 Å². The van der Waals surface area contributed by atoms with Gasteiger partial charge in [-0.3, -0.25) is 4.79 Å². The quantitative estimate of drug-likeness (QED) is 0.680. The zero-order valence-electron chi connectivity index (χ0n) is 10.2. The summed E-state index contributed by atoms with van der Waals surface area (Å²) in [6.07, 6.45) is 0.786. The van der Waals surface area contributed by atoms with Crippen LogP contribution in [0.3, 0.4) is 0 Å². The molecule has 0 aliphatic carbocycles. The van der Waals surface area contributed by atoms with Crippen molar-refractivity contribution in [3.8, 4) is 0 Å². The Hall–Kier alpha value is -0.780. The molecule has 0 saturated carbocycles. The number of carbonyl (C=O) groups is 1. The van der Waals surface area contributed by atoms with E-state index < -0.39 is 0 Å². The van der Waals surface area contributed by atoms with Crippen molar-refractivity contribution in [1.29, 1.82) is 0 Å². The van der Waals surface area contributed by atoms with E-state index >= 15 is 0 Å². The maximum atomic E-state index is 11.3. The van der Waals surface area contributed by atoms with Gasteiger partial charge in [-0.25, -0.2) is 4.99 Å². The summed E-state index contributed by atoms with van der Waals surface area (Å²) in [7, 11) is 0. The van der Waals surface area contributed by atoms with Crippen molar-refractivity contribution >= 4 is 40.0 Å². The van der Waals surface area contributed by atoms with E-state index in [9.17, 15) is 4.79 Å². The molecular formula is C13H15NO2S2. The second-order valence-electron chi connectivity index (χ2n) is 3.96. The van der Waals surface area contributed by atoms with Crippen LogP contribution in [0.15, 0.2) is 28.1 Å². The lowest BCUT2D eigenvalue weighted by atomic mass is 10.1. The van der Waals surface area contributed by atoms with Crippen molar-refractivity contribution < 1.29 is 9.90 Å². The highest BCUT2D eigenvalue weighted by atomic mass is 32.2. The molecule has 1 aromatic carbocycles. The molecule has 0 amide bonds. The molecule has 96 valence electrons. The Balaban J connectivity index is 2.15. The molecule has 1 aliphatic rings. The summed E-state index contributed by atoms with van der Waals surface area (Å²) >= 11 is 3.43. The molecular weight excluding hydrogens is 266 g/mol. The van der Waals surface area contributed by atoms with Crippen LogP contribution < -0.4 is 0 Å². The van der Waals surface area contributed by atoms with Gasteiger partial charge in [-0.1, -0.05) is 6.07 Å². The molecule has 1 N–H and O–H groups in total. The van der Waals surface area contributed by atoms with Gasteiger partial charge >= 0.3 is 0 Å². The lowest BCUT2D eigenvalue weighted by Gasteiger charge is -2.15. The van der Waals surface area contributed by atoms with Crippen LogP contribution in [0.5, 0.6) is 0 Å². The third-order valence-corrected chi connectivity index (χ3v) is 4.85. The lowest BCUT2D eigenvalue weighted by molar-refractivity contribution is 0.101. The maximum absolute atomic E-state index is 11.3. The van der Waals surface area contributed by atoms with Crippen LogP contribution >= 0.6 is 23.5 Å². The monoisotopic (exact) mass is 281 g/mol. The van der Waals surface area contributed by atoms with E-state index in [-0.39, 0.29) is 12.4 Å². The van der Waals surface area contributed by atoms with E-state index in [1.165, 1.54) is 0 Å². The average Bonchev–Trinajstić information content (AvgIpc) is 2.38. The summed E-state index contributed by atoms with van der Waals surface area (Å²) in [5, 5.41) is 9.83. The van der Waals surface area contributed by atoms with Crippen molar-refractivity contribution in [3.63, 3.8) is 0 Å². The molecule has 3 nitrogen and oxygen atoms in total. The fraction of sp³-hybridized carbons (Fsp3) is 0.385. The lowest BCUT2D eigenvalue weighted by Crippen LogP contribution is -2.03. The molecule has 0 atom stereocenters. The summed E-state index contributed by atoms with van der Waals surface area (Å²) in [4.78, 5) is 17.1. The SMILES string of the molecule is CC(=O)c1ccc2c(c1)N=C(SCCCO)CS2. The van der Waals surface area contributed by atoms with Gasteiger partial charge in [-0.05, 0) is 25.5 Å². The zero-order chi connectivity index (χ0) is 13.0. The van der Waals surface area contributed by atoms with E-state index in [1.54, 1.807) is 30.4 Å². The summed E-state index contributed by atoms with van der Waals surface area (Å²) in [5.74, 6) is 1.83. The summed E-state index contributed by atoms with van der Waals surface area (Å²) in [6.45, 7) is 1.79. The number of aliphatic imine (C=N–C) groups is 1. The van der Waals surface area contributed by atoms with Gasteiger partial charge in [-0.15, -0.1) is 23.5 Å². The highest BCUT2D eigenvalue weighted by Gasteiger charge is 2.14. The van der Waals surface area contributed by atoms with Gasteiger partial charge in [0, 0.05) is 28.6 Å². The predicted molar refractivity (Wildman–Crippen MR) is 78.4 cm³/mol. The normalized spacial score (nSPS) is 14.0. The smallest absolute Gasteiger partial charge is 0.159 e. The van der Waals surface area contributed by atoms with Gasteiger partial charge in [0.2, 0.25) is 0 Å². The van der Waals surface area contributed by atoms with E-state index in [4.69, 9.17) is 5.11 Å². The molecule has 0 bridgehead atoms. The minimum absolute atomic E-state index is 0.0676. The Morgan fingerprint density at radius 1 is 1.56 bits per heavy atom. The highest BCUT2D eigenvalue weighted by molar-refractivity contribution is 8.16. The summed E-state index contributed by atoms with van der Waals surface area (Å²) in [5.41, 5.74) is 1.60. The zero-order valence-corrected chi connectivity index (χ0v) is 11.8. The third-order valence-electron chi connectivity index (χ3n) is 2.53. The Kier molecular flexibility index (Phi) is 4.86. The van der Waals surface area contributed by atoms with E-state index in [0.717, 1.165) is 33.6 Å². The van der Waals surface area contributed by atoms with Gasteiger partial charge < -0.3 is 5.11 Å². The second kappa shape index (κ2) is 6.41. The largest absolute Gasteiger partial charge is 0.396 e. The van der Waals surface area contributed by atoms with Crippen molar-refractivity contribution in [3.05, 3.63) is 23.8 Å². The fourth-order valence-electron chi connectivity index (χ4n) is 1.58. The first-order valence-corrected chi connectivity index (χ1v) is 7.77. The number of carbonyl (C=O) groups excluding carboxylic acids is 1. The van der Waals surface area contributed by atoms with Gasteiger partial charge in [0.25, 0.3) is 0 Å². The summed E-state index contributed by atoms with van der Waals surface area (Å²) in [6, 6.07) is 5.68. The Morgan fingerprint density at radius 2 is 2.39 bits per heavy atom. The first-order chi connectivity index (χ1) is 8.70. The number of thioether (sulfide) groups is 2. The van der Waals surface area contributed by atoms with Crippen molar-refractivity contribution in [2.45, 2.75) is 18.2 Å². The average molecular weight is 281 g/mol. The first-order valence-electron chi connectivity index (χ1n) is 5.79. The van der Waals surface area contributed by atoms with Gasteiger partial charge in [-0.2, -0.15) is 0 Å². The number of hydrogen-bond donors (Lipinski definition) is 1. The molecule has 1 aliphatic heterocycles. The van der Waals surface area contributed by atoms with Crippen LogP contribution in [0, 0.1) is 0 Å². The molecule has 0 saturated heterocycles. The summed E-state index contributed by atoms with van der Waals surface area (Å²) < 4.78 is 0. The molecule has 1 heterocycles. The van der Waals surface area contributed by atoms with Crippen LogP contribution in [0.2, 0.25) is 0 Å². The Labute approximate surface area is 115 Å². The van der Waals surface area contributed by atoms with Gasteiger partial charge in [0.15, 0.2) is 5.78 Å². The number of hydrogen-bond acceptors (Lipinski definition) is 5. The maximum Gasteiger partial charge on any atom is 0.159 e.